The molecule has 1 aromatic carbocycles. The lowest BCUT2D eigenvalue weighted by atomic mass is 10.1. The number of unbranched alkanes of at least 4 members (excludes halogenated alkanes) is 3. The van der Waals surface area contributed by atoms with Gasteiger partial charge in [0.05, 0.1) is 0 Å². The lowest BCUT2D eigenvalue weighted by Gasteiger charge is -2.10. The molecule has 0 aliphatic rings. The summed E-state index contributed by atoms with van der Waals surface area (Å²) in [6, 6.07) is 8.06. The quantitative estimate of drug-likeness (QED) is 0.669. The summed E-state index contributed by atoms with van der Waals surface area (Å²) in [5.41, 5.74) is 7.63. The Bertz CT molecular complexity index is 377. The summed E-state index contributed by atoms with van der Waals surface area (Å²) in [7, 11) is 0. The fourth-order valence-corrected chi connectivity index (χ4v) is 2.13. The number of carbonyl (C=O) groups excluding carboxylic acids is 1. The fourth-order valence-electron chi connectivity index (χ4n) is 2.13. The molecule has 0 aromatic heterocycles. The zero-order chi connectivity index (χ0) is 13.9. The molecule has 0 bridgehead atoms. The maximum atomic E-state index is 11.9. The molecule has 0 spiro atoms. The first-order valence-corrected chi connectivity index (χ1v) is 7.35. The van der Waals surface area contributed by atoms with Crippen LogP contribution in [0.4, 0.5) is 5.69 Å². The third kappa shape index (κ3) is 6.39. The van der Waals surface area contributed by atoms with Crippen molar-refractivity contribution >= 4 is 11.6 Å². The van der Waals surface area contributed by atoms with Crippen LogP contribution in [0, 0.1) is 0 Å². The molecule has 1 amide bonds. The highest BCUT2D eigenvalue weighted by atomic mass is 16.1. The normalized spacial score (nSPS) is 10.4. The summed E-state index contributed by atoms with van der Waals surface area (Å²) in [5, 5.41) is 3.02. The molecule has 1 rings (SSSR count). The molecule has 0 aliphatic heterocycles. The molecule has 1 aromatic rings. The van der Waals surface area contributed by atoms with Crippen molar-refractivity contribution in [2.45, 2.75) is 51.9 Å². The van der Waals surface area contributed by atoms with Crippen molar-refractivity contribution in [3.05, 3.63) is 29.8 Å². The Balaban J connectivity index is 2.35. The van der Waals surface area contributed by atoms with E-state index in [0.717, 1.165) is 50.8 Å². The molecule has 0 radical (unpaired) electrons. The van der Waals surface area contributed by atoms with Crippen LogP contribution < -0.4 is 11.1 Å². The zero-order valence-electron chi connectivity index (χ0n) is 12.0. The highest BCUT2D eigenvalue weighted by Crippen LogP contribution is 2.17. The van der Waals surface area contributed by atoms with Gasteiger partial charge in [-0.2, -0.15) is 0 Å². The molecule has 0 saturated heterocycles. The summed E-state index contributed by atoms with van der Waals surface area (Å²) in [4.78, 5) is 11.9. The molecule has 0 unspecified atom stereocenters. The van der Waals surface area contributed by atoms with Gasteiger partial charge in [-0.05, 0) is 37.4 Å². The zero-order valence-corrected chi connectivity index (χ0v) is 12.0. The van der Waals surface area contributed by atoms with Gasteiger partial charge in [-0.1, -0.05) is 44.4 Å². The first kappa shape index (κ1) is 15.7. The third-order valence-corrected chi connectivity index (χ3v) is 3.17. The van der Waals surface area contributed by atoms with Crippen molar-refractivity contribution in [2.75, 3.05) is 11.9 Å². The van der Waals surface area contributed by atoms with Crippen LogP contribution in [0.15, 0.2) is 24.3 Å². The number of anilines is 1. The predicted molar refractivity (Wildman–Crippen MR) is 81.2 cm³/mol. The second-order valence-corrected chi connectivity index (χ2v) is 4.91. The first-order chi connectivity index (χ1) is 9.27. The minimum atomic E-state index is 0.122. The van der Waals surface area contributed by atoms with Gasteiger partial charge in [0.25, 0.3) is 0 Å². The Morgan fingerprint density at radius 2 is 1.89 bits per heavy atom. The highest BCUT2D eigenvalue weighted by Gasteiger charge is 2.05. The number of hydrogen-bond acceptors (Lipinski definition) is 2. The average Bonchev–Trinajstić information content (AvgIpc) is 2.41. The van der Waals surface area contributed by atoms with Gasteiger partial charge < -0.3 is 11.1 Å². The highest BCUT2D eigenvalue weighted by molar-refractivity contribution is 5.91. The number of nitrogens with two attached hydrogens (primary N) is 1. The molecule has 0 fully saturated rings. The summed E-state index contributed by atoms with van der Waals surface area (Å²) >= 11 is 0. The van der Waals surface area contributed by atoms with Gasteiger partial charge in [0, 0.05) is 12.1 Å². The van der Waals surface area contributed by atoms with Crippen molar-refractivity contribution in [1.29, 1.82) is 0 Å². The Kier molecular flexibility index (Phi) is 7.91. The van der Waals surface area contributed by atoms with E-state index in [4.69, 9.17) is 5.73 Å². The number of hydrogen-bond donors (Lipinski definition) is 2. The van der Waals surface area contributed by atoms with Crippen LogP contribution in [0.25, 0.3) is 0 Å². The Labute approximate surface area is 116 Å². The summed E-state index contributed by atoms with van der Waals surface area (Å²) in [5.74, 6) is 0.122. The number of para-hydroxylation sites is 1. The van der Waals surface area contributed by atoms with Crippen LogP contribution in [0.2, 0.25) is 0 Å². The standard InChI is InChI=1S/C16H26N2O/c1-2-9-14-10-6-7-11-15(14)18-16(19)12-5-3-4-8-13-17/h6-7,10-11H,2-5,8-9,12-13,17H2,1H3,(H,18,19). The van der Waals surface area contributed by atoms with E-state index in [0.29, 0.717) is 6.42 Å². The van der Waals surface area contributed by atoms with E-state index in [1.165, 1.54) is 5.56 Å². The van der Waals surface area contributed by atoms with Gasteiger partial charge in [0.1, 0.15) is 0 Å². The minimum absolute atomic E-state index is 0.122. The number of nitrogens with one attached hydrogen (secondary N) is 1. The molecular weight excluding hydrogens is 236 g/mol. The van der Waals surface area contributed by atoms with Gasteiger partial charge in [-0.3, -0.25) is 4.79 Å². The van der Waals surface area contributed by atoms with E-state index in [1.54, 1.807) is 0 Å². The Morgan fingerprint density at radius 1 is 1.16 bits per heavy atom. The molecule has 3 heteroatoms. The molecule has 0 atom stereocenters. The van der Waals surface area contributed by atoms with Crippen LogP contribution in [-0.2, 0) is 11.2 Å². The molecule has 19 heavy (non-hydrogen) atoms. The lowest BCUT2D eigenvalue weighted by Crippen LogP contribution is -2.12. The molecule has 3 N–H and O–H groups in total. The number of benzene rings is 1. The number of aryl methyl sites for hydroxylation is 1. The van der Waals surface area contributed by atoms with Crippen LogP contribution in [0.5, 0.6) is 0 Å². The molecule has 0 aliphatic carbocycles. The maximum absolute atomic E-state index is 11.9. The Morgan fingerprint density at radius 3 is 2.63 bits per heavy atom. The SMILES string of the molecule is CCCc1ccccc1NC(=O)CCCCCCN. The predicted octanol–water partition coefficient (Wildman–Crippen LogP) is 3.49. The number of rotatable bonds is 9. The average molecular weight is 262 g/mol. The van der Waals surface area contributed by atoms with E-state index in [9.17, 15) is 4.79 Å². The maximum Gasteiger partial charge on any atom is 0.224 e. The van der Waals surface area contributed by atoms with Crippen LogP contribution in [-0.4, -0.2) is 12.5 Å². The topological polar surface area (TPSA) is 55.1 Å². The van der Waals surface area contributed by atoms with E-state index in [-0.39, 0.29) is 5.91 Å². The molecular formula is C16H26N2O. The van der Waals surface area contributed by atoms with E-state index in [2.05, 4.69) is 18.3 Å². The second-order valence-electron chi connectivity index (χ2n) is 4.91. The number of carbonyl (C=O) groups is 1. The molecule has 0 heterocycles. The summed E-state index contributed by atoms with van der Waals surface area (Å²) < 4.78 is 0. The van der Waals surface area contributed by atoms with Crippen molar-refractivity contribution in [2.24, 2.45) is 5.73 Å². The van der Waals surface area contributed by atoms with Gasteiger partial charge >= 0.3 is 0 Å². The summed E-state index contributed by atoms with van der Waals surface area (Å²) in [6.07, 6.45) is 6.91. The summed E-state index contributed by atoms with van der Waals surface area (Å²) in [6.45, 7) is 2.90. The number of amides is 1. The largest absolute Gasteiger partial charge is 0.330 e. The van der Waals surface area contributed by atoms with Crippen molar-refractivity contribution in [3.63, 3.8) is 0 Å². The van der Waals surface area contributed by atoms with Gasteiger partial charge in [0.15, 0.2) is 0 Å². The third-order valence-electron chi connectivity index (χ3n) is 3.17. The van der Waals surface area contributed by atoms with E-state index >= 15 is 0 Å². The van der Waals surface area contributed by atoms with Gasteiger partial charge in [0.2, 0.25) is 5.91 Å². The lowest BCUT2D eigenvalue weighted by molar-refractivity contribution is -0.116. The van der Waals surface area contributed by atoms with E-state index < -0.39 is 0 Å². The van der Waals surface area contributed by atoms with Crippen molar-refractivity contribution in [3.8, 4) is 0 Å². The van der Waals surface area contributed by atoms with Gasteiger partial charge in [-0.25, -0.2) is 0 Å². The fraction of sp³-hybridized carbons (Fsp3) is 0.562. The van der Waals surface area contributed by atoms with Crippen LogP contribution >= 0.6 is 0 Å². The molecule has 106 valence electrons. The minimum Gasteiger partial charge on any atom is -0.330 e. The van der Waals surface area contributed by atoms with Gasteiger partial charge in [-0.15, -0.1) is 0 Å². The monoisotopic (exact) mass is 262 g/mol. The van der Waals surface area contributed by atoms with E-state index in [1.807, 2.05) is 18.2 Å². The molecule has 0 saturated carbocycles. The Hall–Kier alpha value is -1.35. The van der Waals surface area contributed by atoms with Crippen LogP contribution in [0.1, 0.15) is 51.0 Å². The smallest absolute Gasteiger partial charge is 0.224 e. The molecule has 3 nitrogen and oxygen atoms in total. The van der Waals surface area contributed by atoms with Crippen molar-refractivity contribution in [1.82, 2.24) is 0 Å². The van der Waals surface area contributed by atoms with Crippen LogP contribution in [0.3, 0.4) is 0 Å². The van der Waals surface area contributed by atoms with Crippen molar-refractivity contribution < 1.29 is 4.79 Å². The second kappa shape index (κ2) is 9.56. The first-order valence-electron chi connectivity index (χ1n) is 7.35.